The van der Waals surface area contributed by atoms with Crippen molar-refractivity contribution in [2.75, 3.05) is 5.73 Å². The number of anilines is 1. The molecule has 0 saturated carbocycles. The summed E-state index contributed by atoms with van der Waals surface area (Å²) in [6, 6.07) is 9.25. The monoisotopic (exact) mass is 169 g/mol. The maximum atomic E-state index is 8.65. The van der Waals surface area contributed by atoms with Gasteiger partial charge in [-0.15, -0.1) is 0 Å². The Bertz CT molecular complexity index is 497. The van der Waals surface area contributed by atoms with Crippen molar-refractivity contribution in [3.63, 3.8) is 0 Å². The molecular formula is C10H7N3. The second-order valence-electron chi connectivity index (χ2n) is 2.79. The number of fused-ring (bicyclic) bond motifs is 1. The summed E-state index contributed by atoms with van der Waals surface area (Å²) >= 11 is 0. The molecule has 0 aliphatic rings. The fourth-order valence-corrected chi connectivity index (χ4v) is 1.21. The van der Waals surface area contributed by atoms with E-state index in [2.05, 4.69) is 4.98 Å². The van der Waals surface area contributed by atoms with Crippen molar-refractivity contribution in [1.29, 1.82) is 5.26 Å². The Morgan fingerprint density at radius 2 is 2.15 bits per heavy atom. The molecule has 2 rings (SSSR count). The van der Waals surface area contributed by atoms with Crippen molar-refractivity contribution >= 4 is 16.6 Å². The number of nitrogens with zero attached hydrogens (tertiary/aromatic N) is 2. The number of nitrogen functional groups attached to an aromatic ring is 1. The van der Waals surface area contributed by atoms with Crippen LogP contribution in [0.15, 0.2) is 30.5 Å². The third-order valence-electron chi connectivity index (χ3n) is 1.83. The van der Waals surface area contributed by atoms with Gasteiger partial charge in [-0.3, -0.25) is 4.98 Å². The maximum Gasteiger partial charge on any atom is 0.101 e. The third-order valence-corrected chi connectivity index (χ3v) is 1.83. The molecule has 2 N–H and O–H groups in total. The van der Waals surface area contributed by atoms with Crippen LogP contribution in [-0.2, 0) is 0 Å². The molecule has 0 spiro atoms. The van der Waals surface area contributed by atoms with Gasteiger partial charge < -0.3 is 5.73 Å². The van der Waals surface area contributed by atoms with E-state index < -0.39 is 0 Å². The maximum absolute atomic E-state index is 8.65. The van der Waals surface area contributed by atoms with Gasteiger partial charge in [-0.1, -0.05) is 0 Å². The lowest BCUT2D eigenvalue weighted by Crippen LogP contribution is -1.86. The molecule has 0 bridgehead atoms. The summed E-state index contributed by atoms with van der Waals surface area (Å²) in [6.45, 7) is 0. The molecule has 0 saturated heterocycles. The van der Waals surface area contributed by atoms with E-state index in [4.69, 9.17) is 11.0 Å². The summed E-state index contributed by atoms with van der Waals surface area (Å²) in [5.41, 5.74) is 7.70. The summed E-state index contributed by atoms with van der Waals surface area (Å²) in [6.07, 6.45) is 1.55. The minimum absolute atomic E-state index is 0.554. The predicted octanol–water partition coefficient (Wildman–Crippen LogP) is 1.69. The number of nitrogens with two attached hydrogens (primary N) is 1. The van der Waals surface area contributed by atoms with E-state index >= 15 is 0 Å². The highest BCUT2D eigenvalue weighted by atomic mass is 14.7. The Hall–Kier alpha value is -2.08. The first-order valence-corrected chi connectivity index (χ1v) is 3.85. The van der Waals surface area contributed by atoms with Gasteiger partial charge in [0, 0.05) is 17.3 Å². The van der Waals surface area contributed by atoms with Gasteiger partial charge in [0.05, 0.1) is 11.1 Å². The first-order valence-electron chi connectivity index (χ1n) is 3.85. The van der Waals surface area contributed by atoms with E-state index in [9.17, 15) is 0 Å². The fourth-order valence-electron chi connectivity index (χ4n) is 1.21. The van der Waals surface area contributed by atoms with Gasteiger partial charge >= 0.3 is 0 Å². The zero-order valence-corrected chi connectivity index (χ0v) is 6.86. The van der Waals surface area contributed by atoms with Gasteiger partial charge in [0.25, 0.3) is 0 Å². The highest BCUT2D eigenvalue weighted by Gasteiger charge is 1.96. The molecule has 0 fully saturated rings. The van der Waals surface area contributed by atoms with Gasteiger partial charge in [0.1, 0.15) is 6.07 Å². The van der Waals surface area contributed by atoms with Gasteiger partial charge in [0.2, 0.25) is 0 Å². The molecular weight excluding hydrogens is 162 g/mol. The predicted molar refractivity (Wildman–Crippen MR) is 50.9 cm³/mol. The van der Waals surface area contributed by atoms with Crippen LogP contribution < -0.4 is 5.73 Å². The topological polar surface area (TPSA) is 62.7 Å². The molecule has 0 atom stereocenters. The van der Waals surface area contributed by atoms with E-state index in [1.165, 1.54) is 0 Å². The Morgan fingerprint density at radius 1 is 1.31 bits per heavy atom. The lowest BCUT2D eigenvalue weighted by Gasteiger charge is -1.98. The van der Waals surface area contributed by atoms with Crippen LogP contribution >= 0.6 is 0 Å². The number of rotatable bonds is 0. The standard InChI is InChI=1S/C10H7N3/c11-5-7-3-8-4-9(12)1-2-10(8)13-6-7/h1-4,6H,12H2. The van der Waals surface area contributed by atoms with Crippen LogP contribution in [0.1, 0.15) is 5.56 Å². The molecule has 1 aromatic heterocycles. The number of benzene rings is 1. The second-order valence-corrected chi connectivity index (χ2v) is 2.79. The highest BCUT2D eigenvalue weighted by Crippen LogP contribution is 2.15. The van der Waals surface area contributed by atoms with E-state index in [-0.39, 0.29) is 0 Å². The Kier molecular flexibility index (Phi) is 1.60. The quantitative estimate of drug-likeness (QED) is 0.610. The highest BCUT2D eigenvalue weighted by molar-refractivity contribution is 5.82. The van der Waals surface area contributed by atoms with Crippen LogP contribution in [-0.4, -0.2) is 4.98 Å². The Morgan fingerprint density at radius 3 is 2.92 bits per heavy atom. The number of hydrogen-bond acceptors (Lipinski definition) is 3. The first kappa shape index (κ1) is 7.56. The van der Waals surface area contributed by atoms with Crippen molar-refractivity contribution in [2.24, 2.45) is 0 Å². The third kappa shape index (κ3) is 1.30. The molecule has 0 radical (unpaired) electrons. The van der Waals surface area contributed by atoms with Crippen molar-refractivity contribution < 1.29 is 0 Å². The number of hydrogen-bond donors (Lipinski definition) is 1. The first-order chi connectivity index (χ1) is 6.29. The summed E-state index contributed by atoms with van der Waals surface area (Å²) < 4.78 is 0. The van der Waals surface area contributed by atoms with Crippen LogP contribution in [0.3, 0.4) is 0 Å². The minimum atomic E-state index is 0.554. The molecule has 0 aliphatic carbocycles. The number of nitriles is 1. The minimum Gasteiger partial charge on any atom is -0.399 e. The van der Waals surface area contributed by atoms with Crippen molar-refractivity contribution in [1.82, 2.24) is 4.98 Å². The van der Waals surface area contributed by atoms with Crippen molar-refractivity contribution in [3.8, 4) is 6.07 Å². The lowest BCUT2D eigenvalue weighted by atomic mass is 10.1. The normalized spacial score (nSPS) is 9.77. The van der Waals surface area contributed by atoms with Gasteiger partial charge in [-0.2, -0.15) is 5.26 Å². The molecule has 0 unspecified atom stereocenters. The summed E-state index contributed by atoms with van der Waals surface area (Å²) in [5, 5.41) is 9.55. The van der Waals surface area contributed by atoms with Gasteiger partial charge in [-0.25, -0.2) is 0 Å². The van der Waals surface area contributed by atoms with E-state index in [1.807, 2.05) is 18.2 Å². The van der Waals surface area contributed by atoms with Crippen LogP contribution in [0.4, 0.5) is 5.69 Å². The summed E-state index contributed by atoms with van der Waals surface area (Å²) in [4.78, 5) is 4.12. The molecule has 62 valence electrons. The van der Waals surface area contributed by atoms with E-state index in [1.54, 1.807) is 18.3 Å². The van der Waals surface area contributed by atoms with Crippen LogP contribution in [0.2, 0.25) is 0 Å². The fraction of sp³-hybridized carbons (Fsp3) is 0. The second kappa shape index (κ2) is 2.76. The molecule has 1 aromatic carbocycles. The largest absolute Gasteiger partial charge is 0.399 e. The van der Waals surface area contributed by atoms with E-state index in [0.717, 1.165) is 10.9 Å². The SMILES string of the molecule is N#Cc1cnc2ccc(N)cc2c1. The Balaban J connectivity index is 2.77. The van der Waals surface area contributed by atoms with E-state index in [0.29, 0.717) is 11.3 Å². The smallest absolute Gasteiger partial charge is 0.101 e. The molecule has 2 aromatic rings. The van der Waals surface area contributed by atoms with Gasteiger partial charge in [0.15, 0.2) is 0 Å². The van der Waals surface area contributed by atoms with Crippen LogP contribution in [0.25, 0.3) is 10.9 Å². The van der Waals surface area contributed by atoms with Gasteiger partial charge in [-0.05, 0) is 24.3 Å². The van der Waals surface area contributed by atoms with Crippen LogP contribution in [0, 0.1) is 11.3 Å². The summed E-state index contributed by atoms with van der Waals surface area (Å²) in [7, 11) is 0. The molecule has 0 amide bonds. The molecule has 0 aliphatic heterocycles. The zero-order chi connectivity index (χ0) is 9.26. The molecule has 13 heavy (non-hydrogen) atoms. The van der Waals surface area contributed by atoms with Crippen LogP contribution in [0.5, 0.6) is 0 Å². The zero-order valence-electron chi connectivity index (χ0n) is 6.86. The lowest BCUT2D eigenvalue weighted by molar-refractivity contribution is 1.37. The average Bonchev–Trinajstić information content (AvgIpc) is 2.16. The molecule has 3 nitrogen and oxygen atoms in total. The summed E-state index contributed by atoms with van der Waals surface area (Å²) in [5.74, 6) is 0. The van der Waals surface area contributed by atoms with Crippen molar-refractivity contribution in [3.05, 3.63) is 36.0 Å². The van der Waals surface area contributed by atoms with Crippen molar-refractivity contribution in [2.45, 2.75) is 0 Å². The Labute approximate surface area is 75.4 Å². The number of pyridine rings is 1. The average molecular weight is 169 g/mol. The number of aromatic nitrogens is 1. The molecule has 3 heteroatoms. The molecule has 1 heterocycles.